The van der Waals surface area contributed by atoms with Crippen molar-refractivity contribution in [2.75, 3.05) is 19.5 Å². The second-order valence-electron chi connectivity index (χ2n) is 4.40. The lowest BCUT2D eigenvalue weighted by Gasteiger charge is -2.10. The second kappa shape index (κ2) is 6.09. The Labute approximate surface area is 123 Å². The van der Waals surface area contributed by atoms with Gasteiger partial charge >= 0.3 is 0 Å². The number of benzene rings is 1. The number of hydrogen-bond acceptors (Lipinski definition) is 4. The van der Waals surface area contributed by atoms with Gasteiger partial charge in [0.25, 0.3) is 0 Å². The number of methoxy groups -OCH3 is 1. The van der Waals surface area contributed by atoms with Gasteiger partial charge in [-0.25, -0.2) is 0 Å². The van der Waals surface area contributed by atoms with Gasteiger partial charge in [0.05, 0.1) is 17.7 Å². The van der Waals surface area contributed by atoms with Crippen molar-refractivity contribution < 1.29 is 14.3 Å². The van der Waals surface area contributed by atoms with E-state index in [1.54, 1.807) is 20.2 Å². The molecule has 0 amide bonds. The Morgan fingerprint density at radius 1 is 1.40 bits per heavy atom. The molecule has 0 spiro atoms. The maximum Gasteiger partial charge on any atom is 0.204 e. The number of aromatic hydroxyl groups is 1. The molecule has 2 N–H and O–H groups in total. The van der Waals surface area contributed by atoms with Gasteiger partial charge in [0.15, 0.2) is 5.75 Å². The minimum atomic E-state index is 0.136. The molecule has 0 saturated heterocycles. The zero-order chi connectivity index (χ0) is 14.7. The van der Waals surface area contributed by atoms with Gasteiger partial charge in [-0.05, 0) is 12.5 Å². The molecule has 0 fully saturated rings. The van der Waals surface area contributed by atoms with Crippen LogP contribution in [-0.4, -0.2) is 19.3 Å². The molecule has 0 radical (unpaired) electrons. The summed E-state index contributed by atoms with van der Waals surface area (Å²) >= 11 is 6.14. The number of rotatable bonds is 5. The second-order valence-corrected chi connectivity index (χ2v) is 4.81. The molecule has 5 heteroatoms. The molecule has 108 valence electrons. The van der Waals surface area contributed by atoms with Crippen LogP contribution in [0, 0.1) is 0 Å². The van der Waals surface area contributed by atoms with E-state index in [4.69, 9.17) is 20.8 Å². The fraction of sp³-hybridized carbons (Fsp3) is 0.333. The Kier molecular flexibility index (Phi) is 4.45. The van der Waals surface area contributed by atoms with Crippen LogP contribution in [0.2, 0.25) is 5.02 Å². The highest BCUT2D eigenvalue weighted by Crippen LogP contribution is 2.47. The zero-order valence-electron chi connectivity index (χ0n) is 11.8. The van der Waals surface area contributed by atoms with E-state index in [9.17, 15) is 5.11 Å². The van der Waals surface area contributed by atoms with Crippen LogP contribution in [-0.2, 0) is 6.42 Å². The van der Waals surface area contributed by atoms with E-state index in [0.717, 1.165) is 6.42 Å². The lowest BCUT2D eigenvalue weighted by molar-refractivity contribution is 0.415. The van der Waals surface area contributed by atoms with Crippen molar-refractivity contribution in [3.8, 4) is 22.6 Å². The standard InChI is InChI=1S/C15H18ClNO3/c1-4-6-11-13(18)12(15(17-2)20-11)9-7-5-8-10(16)14(9)19-3/h5,7-8,17-18H,4,6H2,1-3H3. The van der Waals surface area contributed by atoms with Gasteiger partial charge in [0.1, 0.15) is 11.5 Å². The molecule has 0 saturated carbocycles. The van der Waals surface area contributed by atoms with E-state index in [1.165, 1.54) is 0 Å². The van der Waals surface area contributed by atoms with Crippen LogP contribution < -0.4 is 10.1 Å². The zero-order valence-corrected chi connectivity index (χ0v) is 12.5. The van der Waals surface area contributed by atoms with Gasteiger partial charge in [0, 0.05) is 19.0 Å². The van der Waals surface area contributed by atoms with Crippen molar-refractivity contribution in [3.63, 3.8) is 0 Å². The quantitative estimate of drug-likeness (QED) is 0.863. The lowest BCUT2D eigenvalue weighted by Crippen LogP contribution is -1.92. The molecule has 0 bridgehead atoms. The summed E-state index contributed by atoms with van der Waals surface area (Å²) in [6, 6.07) is 5.39. The number of nitrogens with one attached hydrogen (secondary N) is 1. The first-order valence-electron chi connectivity index (χ1n) is 6.49. The molecule has 20 heavy (non-hydrogen) atoms. The number of ether oxygens (including phenoxy) is 1. The van der Waals surface area contributed by atoms with Crippen LogP contribution in [0.15, 0.2) is 22.6 Å². The van der Waals surface area contributed by atoms with E-state index in [-0.39, 0.29) is 5.75 Å². The van der Waals surface area contributed by atoms with Crippen LogP contribution in [0.1, 0.15) is 19.1 Å². The Morgan fingerprint density at radius 3 is 2.75 bits per heavy atom. The van der Waals surface area contributed by atoms with Crippen LogP contribution in [0.25, 0.3) is 11.1 Å². The van der Waals surface area contributed by atoms with Crippen molar-refractivity contribution in [2.45, 2.75) is 19.8 Å². The summed E-state index contributed by atoms with van der Waals surface area (Å²) in [5.74, 6) is 1.72. The molecule has 0 aliphatic carbocycles. The predicted octanol–water partition coefficient (Wildman–Crippen LogP) is 4.31. The van der Waals surface area contributed by atoms with Crippen molar-refractivity contribution in [2.24, 2.45) is 0 Å². The number of hydrogen-bond donors (Lipinski definition) is 2. The first kappa shape index (κ1) is 14.6. The highest BCUT2D eigenvalue weighted by atomic mass is 35.5. The van der Waals surface area contributed by atoms with Crippen LogP contribution in [0.5, 0.6) is 11.5 Å². The third kappa shape index (κ3) is 2.43. The third-order valence-corrected chi connectivity index (χ3v) is 3.40. The average molecular weight is 296 g/mol. The number of halogens is 1. The maximum atomic E-state index is 10.4. The van der Waals surface area contributed by atoms with E-state index in [2.05, 4.69) is 5.32 Å². The summed E-state index contributed by atoms with van der Waals surface area (Å²) in [6.07, 6.45) is 1.56. The Morgan fingerprint density at radius 2 is 2.15 bits per heavy atom. The van der Waals surface area contributed by atoms with E-state index in [1.807, 2.05) is 19.1 Å². The minimum Gasteiger partial charge on any atom is -0.504 e. The fourth-order valence-electron chi connectivity index (χ4n) is 2.21. The van der Waals surface area contributed by atoms with Gasteiger partial charge < -0.3 is 19.6 Å². The SMILES string of the molecule is CCCc1oc(NC)c(-c2cccc(Cl)c2OC)c1O. The number of para-hydroxylation sites is 1. The summed E-state index contributed by atoms with van der Waals surface area (Å²) in [6.45, 7) is 2.03. The molecular formula is C15H18ClNO3. The Balaban J connectivity index is 2.66. The highest BCUT2D eigenvalue weighted by molar-refractivity contribution is 6.32. The minimum absolute atomic E-state index is 0.136. The molecule has 0 atom stereocenters. The molecule has 2 aromatic rings. The molecule has 0 aliphatic rings. The van der Waals surface area contributed by atoms with Gasteiger partial charge in [-0.3, -0.25) is 0 Å². The van der Waals surface area contributed by atoms with Gasteiger partial charge in [-0.2, -0.15) is 0 Å². The Bertz CT molecular complexity index is 607. The fourth-order valence-corrected chi connectivity index (χ4v) is 2.46. The number of aryl methyl sites for hydroxylation is 1. The van der Waals surface area contributed by atoms with E-state index < -0.39 is 0 Å². The first-order valence-corrected chi connectivity index (χ1v) is 6.87. The summed E-state index contributed by atoms with van der Waals surface area (Å²) in [4.78, 5) is 0. The van der Waals surface area contributed by atoms with Gasteiger partial charge in [-0.15, -0.1) is 0 Å². The molecule has 1 aromatic heterocycles. The maximum absolute atomic E-state index is 10.4. The average Bonchev–Trinajstić information content (AvgIpc) is 2.75. The predicted molar refractivity (Wildman–Crippen MR) is 80.9 cm³/mol. The van der Waals surface area contributed by atoms with Crippen LogP contribution in [0.4, 0.5) is 5.88 Å². The smallest absolute Gasteiger partial charge is 0.204 e. The van der Waals surface area contributed by atoms with Crippen molar-refractivity contribution in [3.05, 3.63) is 29.0 Å². The monoisotopic (exact) mass is 295 g/mol. The topological polar surface area (TPSA) is 54.6 Å². The third-order valence-electron chi connectivity index (χ3n) is 3.10. The van der Waals surface area contributed by atoms with Crippen LogP contribution >= 0.6 is 11.6 Å². The summed E-state index contributed by atoms with van der Waals surface area (Å²) in [7, 11) is 3.29. The molecule has 1 heterocycles. The molecule has 4 nitrogen and oxygen atoms in total. The number of anilines is 1. The van der Waals surface area contributed by atoms with Crippen molar-refractivity contribution in [1.82, 2.24) is 0 Å². The highest BCUT2D eigenvalue weighted by Gasteiger charge is 2.23. The summed E-state index contributed by atoms with van der Waals surface area (Å²) in [5, 5.41) is 13.9. The molecule has 0 aliphatic heterocycles. The van der Waals surface area contributed by atoms with Gasteiger partial charge in [0.2, 0.25) is 5.88 Å². The van der Waals surface area contributed by atoms with Crippen molar-refractivity contribution >= 4 is 17.5 Å². The van der Waals surface area contributed by atoms with Crippen LogP contribution in [0.3, 0.4) is 0 Å². The lowest BCUT2D eigenvalue weighted by atomic mass is 10.0. The Hall–Kier alpha value is -1.81. The molecule has 1 aromatic carbocycles. The largest absolute Gasteiger partial charge is 0.504 e. The van der Waals surface area contributed by atoms with E-state index in [0.29, 0.717) is 40.0 Å². The molecular weight excluding hydrogens is 278 g/mol. The number of furan rings is 1. The van der Waals surface area contributed by atoms with Crippen molar-refractivity contribution in [1.29, 1.82) is 0 Å². The normalized spacial score (nSPS) is 10.6. The van der Waals surface area contributed by atoms with Gasteiger partial charge in [-0.1, -0.05) is 30.7 Å². The molecule has 0 unspecified atom stereocenters. The summed E-state index contributed by atoms with van der Waals surface area (Å²) in [5.41, 5.74) is 1.28. The summed E-state index contributed by atoms with van der Waals surface area (Å²) < 4.78 is 11.0. The van der Waals surface area contributed by atoms with E-state index >= 15 is 0 Å². The molecule has 2 rings (SSSR count). The first-order chi connectivity index (χ1) is 9.63.